The summed E-state index contributed by atoms with van der Waals surface area (Å²) in [4.78, 5) is 12.1. The highest BCUT2D eigenvalue weighted by Gasteiger charge is 2.17. The minimum absolute atomic E-state index is 0.00743. The predicted molar refractivity (Wildman–Crippen MR) is 81.8 cm³/mol. The molecule has 0 bridgehead atoms. The van der Waals surface area contributed by atoms with Crippen molar-refractivity contribution in [1.82, 2.24) is 5.32 Å². The second-order valence-corrected chi connectivity index (χ2v) is 5.23. The highest BCUT2D eigenvalue weighted by molar-refractivity contribution is 6.33. The molecular weight excluding hydrogens is 260 g/mol. The topological polar surface area (TPSA) is 41.1 Å². The van der Waals surface area contributed by atoms with Crippen LogP contribution >= 0.6 is 11.6 Å². The van der Waals surface area contributed by atoms with Crippen LogP contribution in [0.4, 0.5) is 5.69 Å². The van der Waals surface area contributed by atoms with E-state index in [1.165, 1.54) is 0 Å². The van der Waals surface area contributed by atoms with E-state index >= 15 is 0 Å². The number of hydrogen-bond acceptors (Lipinski definition) is 2. The average molecular weight is 283 g/mol. The first-order valence-corrected chi connectivity index (χ1v) is 7.19. The molecule has 0 radical (unpaired) electrons. The lowest BCUT2D eigenvalue weighted by molar-refractivity contribution is -0.122. The van der Waals surface area contributed by atoms with Crippen molar-refractivity contribution in [3.63, 3.8) is 0 Å². The molecule has 1 aromatic carbocycles. The van der Waals surface area contributed by atoms with Gasteiger partial charge in [-0.3, -0.25) is 4.79 Å². The van der Waals surface area contributed by atoms with E-state index in [1.807, 2.05) is 32.0 Å². The Kier molecular flexibility index (Phi) is 6.16. The third-order valence-corrected chi connectivity index (χ3v) is 3.62. The van der Waals surface area contributed by atoms with Crippen molar-refractivity contribution < 1.29 is 4.79 Å². The number of halogens is 1. The fourth-order valence-corrected chi connectivity index (χ4v) is 2.19. The normalized spacial score (nSPS) is 12.3. The zero-order valence-corrected chi connectivity index (χ0v) is 12.8. The van der Waals surface area contributed by atoms with Gasteiger partial charge < -0.3 is 10.6 Å². The van der Waals surface area contributed by atoms with Crippen LogP contribution in [0.25, 0.3) is 0 Å². The van der Waals surface area contributed by atoms with Gasteiger partial charge in [-0.15, -0.1) is 0 Å². The maximum Gasteiger partial charge on any atom is 0.242 e. The van der Waals surface area contributed by atoms with E-state index in [1.54, 1.807) is 0 Å². The minimum Gasteiger partial charge on any atom is -0.372 e. The number of benzene rings is 1. The summed E-state index contributed by atoms with van der Waals surface area (Å²) < 4.78 is 0. The van der Waals surface area contributed by atoms with Crippen molar-refractivity contribution in [3.05, 3.63) is 28.8 Å². The van der Waals surface area contributed by atoms with E-state index in [0.717, 1.165) is 24.1 Å². The third-order valence-electron chi connectivity index (χ3n) is 3.31. The SMILES string of the molecule is CCC(CC)NC(=O)C(C)Nc1c(C)cccc1Cl. The monoisotopic (exact) mass is 282 g/mol. The van der Waals surface area contributed by atoms with Gasteiger partial charge in [-0.25, -0.2) is 0 Å². The zero-order valence-electron chi connectivity index (χ0n) is 12.1. The van der Waals surface area contributed by atoms with Crippen molar-refractivity contribution in [1.29, 1.82) is 0 Å². The second kappa shape index (κ2) is 7.39. The van der Waals surface area contributed by atoms with Crippen molar-refractivity contribution in [2.45, 2.75) is 52.6 Å². The van der Waals surface area contributed by atoms with Crippen molar-refractivity contribution in [2.24, 2.45) is 0 Å². The molecule has 3 nitrogen and oxygen atoms in total. The quantitative estimate of drug-likeness (QED) is 0.834. The van der Waals surface area contributed by atoms with Gasteiger partial charge in [0.25, 0.3) is 0 Å². The van der Waals surface area contributed by atoms with Crippen LogP contribution in [0.5, 0.6) is 0 Å². The number of hydrogen-bond donors (Lipinski definition) is 2. The summed E-state index contributed by atoms with van der Waals surface area (Å²) in [6, 6.07) is 5.63. The Morgan fingerprint density at radius 1 is 1.32 bits per heavy atom. The molecule has 19 heavy (non-hydrogen) atoms. The molecule has 0 fully saturated rings. The molecule has 0 aliphatic carbocycles. The molecule has 0 aromatic heterocycles. The lowest BCUT2D eigenvalue weighted by atomic mass is 10.1. The Balaban J connectivity index is 2.69. The lowest BCUT2D eigenvalue weighted by Gasteiger charge is -2.21. The summed E-state index contributed by atoms with van der Waals surface area (Å²) >= 11 is 6.14. The Morgan fingerprint density at radius 3 is 2.47 bits per heavy atom. The highest BCUT2D eigenvalue weighted by atomic mass is 35.5. The molecule has 1 atom stereocenters. The smallest absolute Gasteiger partial charge is 0.242 e. The number of carbonyl (C=O) groups is 1. The van der Waals surface area contributed by atoms with Gasteiger partial charge in [-0.05, 0) is 38.3 Å². The molecule has 106 valence electrons. The fourth-order valence-electron chi connectivity index (χ4n) is 1.92. The number of amides is 1. The van der Waals surface area contributed by atoms with E-state index in [0.29, 0.717) is 5.02 Å². The third kappa shape index (κ3) is 4.43. The van der Waals surface area contributed by atoms with Crippen molar-refractivity contribution in [3.8, 4) is 0 Å². The number of para-hydroxylation sites is 1. The Bertz CT molecular complexity index is 410. The molecule has 0 saturated carbocycles. The number of aryl methyl sites for hydroxylation is 1. The van der Waals surface area contributed by atoms with Gasteiger partial charge in [0.15, 0.2) is 0 Å². The molecule has 0 aliphatic heterocycles. The van der Waals surface area contributed by atoms with Gasteiger partial charge in [0.1, 0.15) is 6.04 Å². The minimum atomic E-state index is -0.306. The van der Waals surface area contributed by atoms with Crippen LogP contribution in [-0.2, 0) is 4.79 Å². The molecule has 0 spiro atoms. The Hall–Kier alpha value is -1.22. The van der Waals surface area contributed by atoms with Gasteiger partial charge in [0.05, 0.1) is 10.7 Å². The van der Waals surface area contributed by atoms with E-state index < -0.39 is 0 Å². The van der Waals surface area contributed by atoms with Crippen LogP contribution in [0, 0.1) is 6.92 Å². The van der Waals surface area contributed by atoms with Gasteiger partial charge in [-0.1, -0.05) is 37.6 Å². The maximum atomic E-state index is 12.1. The summed E-state index contributed by atoms with van der Waals surface area (Å²) in [7, 11) is 0. The van der Waals surface area contributed by atoms with Gasteiger partial charge in [0.2, 0.25) is 5.91 Å². The number of anilines is 1. The summed E-state index contributed by atoms with van der Waals surface area (Å²) in [5.74, 6) is 0.00743. The maximum absolute atomic E-state index is 12.1. The largest absolute Gasteiger partial charge is 0.372 e. The number of rotatable bonds is 6. The molecule has 1 rings (SSSR count). The molecule has 1 amide bonds. The highest BCUT2D eigenvalue weighted by Crippen LogP contribution is 2.25. The molecule has 0 saturated heterocycles. The van der Waals surface area contributed by atoms with E-state index in [9.17, 15) is 4.79 Å². The molecule has 2 N–H and O–H groups in total. The fraction of sp³-hybridized carbons (Fsp3) is 0.533. The van der Waals surface area contributed by atoms with E-state index in [4.69, 9.17) is 11.6 Å². The number of carbonyl (C=O) groups excluding carboxylic acids is 1. The summed E-state index contributed by atoms with van der Waals surface area (Å²) in [6.45, 7) is 7.97. The molecule has 0 aliphatic rings. The summed E-state index contributed by atoms with van der Waals surface area (Å²) in [5.41, 5.74) is 1.87. The van der Waals surface area contributed by atoms with Crippen molar-refractivity contribution >= 4 is 23.2 Å². The first kappa shape index (κ1) is 15.8. The average Bonchev–Trinajstić information content (AvgIpc) is 2.39. The van der Waals surface area contributed by atoms with Gasteiger partial charge in [-0.2, -0.15) is 0 Å². The standard InChI is InChI=1S/C15H23ClN2O/c1-5-12(6-2)18-15(19)11(4)17-14-10(3)8-7-9-13(14)16/h7-9,11-12,17H,5-6H2,1-4H3,(H,18,19). The van der Waals surface area contributed by atoms with Crippen molar-refractivity contribution in [2.75, 3.05) is 5.32 Å². The molecular formula is C15H23ClN2O. The van der Waals surface area contributed by atoms with Crippen LogP contribution < -0.4 is 10.6 Å². The molecule has 4 heteroatoms. The van der Waals surface area contributed by atoms with E-state index in [2.05, 4.69) is 24.5 Å². The Labute approximate surface area is 120 Å². The molecule has 1 aromatic rings. The van der Waals surface area contributed by atoms with Crippen LogP contribution in [0.1, 0.15) is 39.2 Å². The van der Waals surface area contributed by atoms with Crippen LogP contribution in [-0.4, -0.2) is 18.0 Å². The summed E-state index contributed by atoms with van der Waals surface area (Å²) in [6.07, 6.45) is 1.89. The first-order valence-electron chi connectivity index (χ1n) is 6.81. The van der Waals surface area contributed by atoms with Gasteiger partial charge in [0, 0.05) is 6.04 Å². The second-order valence-electron chi connectivity index (χ2n) is 4.82. The van der Waals surface area contributed by atoms with Crippen LogP contribution in [0.2, 0.25) is 5.02 Å². The van der Waals surface area contributed by atoms with E-state index in [-0.39, 0.29) is 18.0 Å². The van der Waals surface area contributed by atoms with Crippen LogP contribution in [0.3, 0.4) is 0 Å². The van der Waals surface area contributed by atoms with Gasteiger partial charge >= 0.3 is 0 Å². The first-order chi connectivity index (χ1) is 8.99. The molecule has 0 heterocycles. The van der Waals surface area contributed by atoms with Crippen LogP contribution in [0.15, 0.2) is 18.2 Å². The number of nitrogens with one attached hydrogen (secondary N) is 2. The lowest BCUT2D eigenvalue weighted by Crippen LogP contribution is -2.42. The Morgan fingerprint density at radius 2 is 1.95 bits per heavy atom. The molecule has 1 unspecified atom stereocenters. The predicted octanol–water partition coefficient (Wildman–Crippen LogP) is 3.75. The zero-order chi connectivity index (χ0) is 14.4. The summed E-state index contributed by atoms with van der Waals surface area (Å²) in [5, 5.41) is 6.86.